The van der Waals surface area contributed by atoms with Crippen LogP contribution in [0.25, 0.3) is 22.0 Å². The van der Waals surface area contributed by atoms with E-state index in [1.807, 2.05) is 48.8 Å². The van der Waals surface area contributed by atoms with Gasteiger partial charge in [0.05, 0.1) is 0 Å². The molecule has 36 heavy (non-hydrogen) atoms. The average Bonchev–Trinajstić information content (AvgIpc) is 3.58. The van der Waals surface area contributed by atoms with Crippen molar-refractivity contribution in [2.24, 2.45) is 5.73 Å². The van der Waals surface area contributed by atoms with E-state index >= 15 is 0 Å². The van der Waals surface area contributed by atoms with E-state index in [2.05, 4.69) is 9.55 Å². The van der Waals surface area contributed by atoms with E-state index in [4.69, 9.17) is 5.73 Å². The van der Waals surface area contributed by atoms with Gasteiger partial charge in [-0.05, 0) is 41.5 Å². The molecule has 3 aromatic heterocycles. The maximum Gasteiger partial charge on any atom is 0.237 e. The summed E-state index contributed by atoms with van der Waals surface area (Å²) in [7, 11) is 0. The predicted molar refractivity (Wildman–Crippen MR) is 138 cm³/mol. The normalized spacial score (nSPS) is 14.8. The van der Waals surface area contributed by atoms with Gasteiger partial charge in [-0.1, -0.05) is 30.3 Å². The summed E-state index contributed by atoms with van der Waals surface area (Å²) in [5, 5.41) is 0.811. The van der Waals surface area contributed by atoms with Crippen molar-refractivity contribution < 1.29 is 14.0 Å². The molecule has 4 heterocycles. The molecular weight excluding hydrogens is 475 g/mol. The standard InChI is InChI=1S/C28H21FN4O2S/c29-20-6-3-17(4-7-20)18-5-8-21-23(14-32(15-26(30)34)24(21)12-18)27(35)22-9-11-33-25(22)16-36-28(33)19-2-1-10-31-13-19/h1-14,28H,15-16H2,(H2,30,34). The summed E-state index contributed by atoms with van der Waals surface area (Å²) in [5.41, 5.74) is 11.1. The summed E-state index contributed by atoms with van der Waals surface area (Å²) in [6, 6.07) is 17.7. The number of amides is 1. The van der Waals surface area contributed by atoms with Gasteiger partial charge in [0.2, 0.25) is 5.91 Å². The van der Waals surface area contributed by atoms with Gasteiger partial charge in [0.25, 0.3) is 0 Å². The minimum atomic E-state index is -0.501. The lowest BCUT2D eigenvalue weighted by Gasteiger charge is -2.11. The number of aromatic nitrogens is 3. The zero-order valence-corrected chi connectivity index (χ0v) is 19.9. The number of hydrogen-bond acceptors (Lipinski definition) is 4. The molecule has 1 aliphatic rings. The van der Waals surface area contributed by atoms with Crippen molar-refractivity contribution in [1.29, 1.82) is 0 Å². The average molecular weight is 497 g/mol. The van der Waals surface area contributed by atoms with Gasteiger partial charge in [-0.3, -0.25) is 14.6 Å². The molecule has 1 unspecified atom stereocenters. The summed E-state index contributed by atoms with van der Waals surface area (Å²) in [4.78, 5) is 29.8. The first-order chi connectivity index (χ1) is 17.5. The van der Waals surface area contributed by atoms with Crippen molar-refractivity contribution in [3.63, 3.8) is 0 Å². The lowest BCUT2D eigenvalue weighted by molar-refractivity contribution is -0.118. The van der Waals surface area contributed by atoms with Crippen LogP contribution in [0.5, 0.6) is 0 Å². The molecule has 0 fully saturated rings. The zero-order chi connectivity index (χ0) is 24.8. The van der Waals surface area contributed by atoms with Crippen molar-refractivity contribution in [2.45, 2.75) is 17.7 Å². The lowest BCUT2D eigenvalue weighted by Crippen LogP contribution is -2.18. The van der Waals surface area contributed by atoms with Crippen molar-refractivity contribution in [3.8, 4) is 11.1 Å². The van der Waals surface area contributed by atoms with Gasteiger partial charge in [-0.2, -0.15) is 0 Å². The Labute approximate surface area is 210 Å². The molecule has 6 nitrogen and oxygen atoms in total. The molecule has 178 valence electrons. The van der Waals surface area contributed by atoms with Crippen LogP contribution in [-0.2, 0) is 17.1 Å². The fraction of sp³-hybridized carbons (Fsp3) is 0.107. The molecule has 2 aromatic carbocycles. The van der Waals surface area contributed by atoms with Crippen LogP contribution in [0.3, 0.4) is 0 Å². The molecule has 0 aliphatic carbocycles. The molecule has 1 amide bonds. The van der Waals surface area contributed by atoms with Crippen molar-refractivity contribution in [2.75, 3.05) is 0 Å². The maximum atomic E-state index is 13.8. The van der Waals surface area contributed by atoms with Gasteiger partial charge in [0.15, 0.2) is 5.78 Å². The minimum Gasteiger partial charge on any atom is -0.368 e. The number of nitrogens with zero attached hydrogens (tertiary/aromatic N) is 3. The van der Waals surface area contributed by atoms with Gasteiger partial charge in [-0.15, -0.1) is 11.8 Å². The van der Waals surface area contributed by atoms with Crippen molar-refractivity contribution in [1.82, 2.24) is 14.1 Å². The van der Waals surface area contributed by atoms with Gasteiger partial charge in [-0.25, -0.2) is 4.39 Å². The quantitative estimate of drug-likeness (QED) is 0.330. The smallest absolute Gasteiger partial charge is 0.237 e. The number of ketones is 1. The molecular formula is C28H21FN4O2S. The van der Waals surface area contributed by atoms with Gasteiger partial charge in [0, 0.05) is 63.8 Å². The first-order valence-corrected chi connectivity index (χ1v) is 12.5. The fourth-order valence-corrected chi connectivity index (χ4v) is 6.12. The molecule has 6 rings (SSSR count). The number of hydrogen-bond donors (Lipinski definition) is 1. The second kappa shape index (κ2) is 8.80. The Morgan fingerprint density at radius 1 is 1.06 bits per heavy atom. The highest BCUT2D eigenvalue weighted by Crippen LogP contribution is 2.42. The first kappa shape index (κ1) is 22.3. The second-order valence-corrected chi connectivity index (χ2v) is 9.81. The van der Waals surface area contributed by atoms with Gasteiger partial charge in [0.1, 0.15) is 17.7 Å². The molecule has 1 aliphatic heterocycles. The van der Waals surface area contributed by atoms with Crippen LogP contribution in [-0.4, -0.2) is 25.8 Å². The second-order valence-electron chi connectivity index (χ2n) is 8.74. The third-order valence-corrected chi connectivity index (χ3v) is 7.75. The first-order valence-electron chi connectivity index (χ1n) is 11.4. The Morgan fingerprint density at radius 2 is 1.86 bits per heavy atom. The maximum absolute atomic E-state index is 13.8. The number of rotatable bonds is 6. The van der Waals surface area contributed by atoms with Gasteiger partial charge < -0.3 is 14.9 Å². The van der Waals surface area contributed by atoms with Crippen LogP contribution >= 0.6 is 11.8 Å². The summed E-state index contributed by atoms with van der Waals surface area (Å²) in [6.07, 6.45) is 7.26. The molecule has 1 atom stereocenters. The summed E-state index contributed by atoms with van der Waals surface area (Å²) < 4.78 is 17.2. The third kappa shape index (κ3) is 3.79. The number of carbonyl (C=O) groups is 2. The van der Waals surface area contributed by atoms with E-state index in [0.717, 1.165) is 33.3 Å². The van der Waals surface area contributed by atoms with Crippen LogP contribution in [0.1, 0.15) is 32.6 Å². The minimum absolute atomic E-state index is 0.0521. The highest BCUT2D eigenvalue weighted by atomic mass is 32.2. The molecule has 0 bridgehead atoms. The summed E-state index contributed by atoms with van der Waals surface area (Å²) >= 11 is 1.75. The Bertz CT molecular complexity index is 1620. The van der Waals surface area contributed by atoms with Crippen molar-refractivity contribution in [3.05, 3.63) is 114 Å². The number of thioether (sulfide) groups is 1. The van der Waals surface area contributed by atoms with E-state index in [9.17, 15) is 14.0 Å². The summed E-state index contributed by atoms with van der Waals surface area (Å²) in [6.45, 7) is -0.0521. The third-order valence-electron chi connectivity index (χ3n) is 6.50. The van der Waals surface area contributed by atoms with Crippen LogP contribution in [0, 0.1) is 5.82 Å². The van der Waals surface area contributed by atoms with E-state index in [-0.39, 0.29) is 23.5 Å². The molecule has 8 heteroatoms. The number of halogens is 1. The lowest BCUT2D eigenvalue weighted by atomic mass is 10.00. The number of primary amides is 1. The summed E-state index contributed by atoms with van der Waals surface area (Å²) in [5.74, 6) is -0.200. The van der Waals surface area contributed by atoms with E-state index in [0.29, 0.717) is 16.9 Å². The molecule has 0 saturated carbocycles. The topological polar surface area (TPSA) is 82.9 Å². The van der Waals surface area contributed by atoms with Crippen LogP contribution in [0.2, 0.25) is 0 Å². The van der Waals surface area contributed by atoms with Gasteiger partial charge >= 0.3 is 0 Å². The molecule has 5 aromatic rings. The molecule has 0 saturated heterocycles. The number of pyridine rings is 1. The van der Waals surface area contributed by atoms with Crippen molar-refractivity contribution >= 4 is 34.4 Å². The number of nitrogens with two attached hydrogens (primary N) is 1. The van der Waals surface area contributed by atoms with E-state index in [1.54, 1.807) is 40.9 Å². The Balaban J connectivity index is 1.42. The van der Waals surface area contributed by atoms with E-state index in [1.165, 1.54) is 12.1 Å². The fourth-order valence-electron chi connectivity index (χ4n) is 4.81. The Hall–Kier alpha value is -4.17. The SMILES string of the molecule is NC(=O)Cn1cc(C(=O)c2ccn3c2CSC3c2cccnc2)c2ccc(-c3ccc(F)cc3)cc21. The van der Waals surface area contributed by atoms with Crippen LogP contribution < -0.4 is 5.73 Å². The molecule has 0 radical (unpaired) electrons. The predicted octanol–water partition coefficient (Wildman–Crippen LogP) is 5.15. The highest BCUT2D eigenvalue weighted by Gasteiger charge is 2.30. The monoisotopic (exact) mass is 496 g/mol. The highest BCUT2D eigenvalue weighted by molar-refractivity contribution is 7.99. The molecule has 0 spiro atoms. The Morgan fingerprint density at radius 3 is 2.61 bits per heavy atom. The zero-order valence-electron chi connectivity index (χ0n) is 19.1. The van der Waals surface area contributed by atoms with Crippen LogP contribution in [0.4, 0.5) is 4.39 Å². The number of benzene rings is 2. The number of carbonyl (C=O) groups excluding carboxylic acids is 2. The van der Waals surface area contributed by atoms with E-state index < -0.39 is 5.91 Å². The van der Waals surface area contributed by atoms with Crippen LogP contribution in [0.15, 0.2) is 85.5 Å². The Kier molecular flexibility index (Phi) is 5.45. The number of fused-ring (bicyclic) bond motifs is 2. The molecule has 2 N–H and O–H groups in total. The largest absolute Gasteiger partial charge is 0.368 e.